The van der Waals surface area contributed by atoms with E-state index in [9.17, 15) is 9.59 Å². The summed E-state index contributed by atoms with van der Waals surface area (Å²) in [5, 5.41) is 14.6. The van der Waals surface area contributed by atoms with Crippen molar-refractivity contribution < 1.29 is 9.53 Å². The van der Waals surface area contributed by atoms with Gasteiger partial charge < -0.3 is 10.1 Å². The molecule has 0 saturated carbocycles. The number of rotatable bonds is 5. The van der Waals surface area contributed by atoms with Gasteiger partial charge >= 0.3 is 0 Å². The van der Waals surface area contributed by atoms with Crippen molar-refractivity contribution in [2.75, 3.05) is 18.2 Å². The minimum absolute atomic E-state index is 0.131. The van der Waals surface area contributed by atoms with Crippen molar-refractivity contribution in [3.8, 4) is 5.75 Å². The predicted octanol–water partition coefficient (Wildman–Crippen LogP) is 1.94. The van der Waals surface area contributed by atoms with Gasteiger partial charge in [-0.25, -0.2) is 0 Å². The van der Waals surface area contributed by atoms with Gasteiger partial charge in [0.05, 0.1) is 17.9 Å². The van der Waals surface area contributed by atoms with Crippen LogP contribution in [0.25, 0.3) is 4.96 Å². The number of aromatic nitrogens is 4. The molecule has 0 fully saturated rings. The Kier molecular flexibility index (Phi) is 4.97. The van der Waals surface area contributed by atoms with E-state index < -0.39 is 0 Å². The highest BCUT2D eigenvalue weighted by molar-refractivity contribution is 8.01. The van der Waals surface area contributed by atoms with E-state index >= 15 is 0 Å². The average molecular weight is 384 g/mol. The summed E-state index contributed by atoms with van der Waals surface area (Å²) >= 11 is 8.41. The van der Waals surface area contributed by atoms with Crippen molar-refractivity contribution in [1.29, 1.82) is 0 Å². The molecule has 8 nitrogen and oxygen atoms in total. The lowest BCUT2D eigenvalue weighted by molar-refractivity contribution is -0.113. The molecule has 11 heteroatoms. The Morgan fingerprint density at radius 2 is 2.33 bits per heavy atom. The van der Waals surface area contributed by atoms with Crippen LogP contribution in [0, 0.1) is 0 Å². The molecule has 0 radical (unpaired) electrons. The van der Waals surface area contributed by atoms with Crippen molar-refractivity contribution in [2.45, 2.75) is 4.34 Å². The summed E-state index contributed by atoms with van der Waals surface area (Å²) in [6.07, 6.45) is 1.08. The number of carbonyl (C=O) groups excluding carboxylic acids is 1. The fourth-order valence-electron chi connectivity index (χ4n) is 1.78. The van der Waals surface area contributed by atoms with Crippen LogP contribution in [0.3, 0.4) is 0 Å². The number of fused-ring (bicyclic) bond motifs is 1. The summed E-state index contributed by atoms with van der Waals surface area (Å²) < 4.78 is 6.76. The van der Waals surface area contributed by atoms with Crippen molar-refractivity contribution in [3.05, 3.63) is 39.8 Å². The Hall–Kier alpha value is -2.17. The molecule has 0 bridgehead atoms. The van der Waals surface area contributed by atoms with E-state index in [0.717, 1.165) is 10.7 Å². The first-order chi connectivity index (χ1) is 11.6. The van der Waals surface area contributed by atoms with Gasteiger partial charge in [0.1, 0.15) is 11.9 Å². The number of hydrogen-bond acceptors (Lipinski definition) is 8. The van der Waals surface area contributed by atoms with Crippen molar-refractivity contribution >= 4 is 51.3 Å². The first-order valence-electron chi connectivity index (χ1n) is 6.54. The van der Waals surface area contributed by atoms with Gasteiger partial charge in [-0.3, -0.25) is 9.59 Å². The molecule has 3 aromatic rings. The molecule has 0 spiro atoms. The summed E-state index contributed by atoms with van der Waals surface area (Å²) in [6.45, 7) is 0. The van der Waals surface area contributed by atoms with E-state index in [1.54, 1.807) is 18.2 Å². The third-order valence-electron chi connectivity index (χ3n) is 2.82. The quantitative estimate of drug-likeness (QED) is 0.672. The van der Waals surface area contributed by atoms with Gasteiger partial charge in [0.2, 0.25) is 10.9 Å². The Bertz CT molecular complexity index is 958. The highest BCUT2D eigenvalue weighted by atomic mass is 35.5. The summed E-state index contributed by atoms with van der Waals surface area (Å²) in [5.74, 6) is 0.440. The molecule has 3 rings (SSSR count). The monoisotopic (exact) mass is 383 g/mol. The van der Waals surface area contributed by atoms with Crippen molar-refractivity contribution in [2.24, 2.45) is 0 Å². The highest BCUT2D eigenvalue weighted by Gasteiger charge is 2.11. The summed E-state index contributed by atoms with van der Waals surface area (Å²) in [4.78, 5) is 23.9. The van der Waals surface area contributed by atoms with Crippen LogP contribution in [0.5, 0.6) is 5.75 Å². The fraction of sp³-hybridized carbons (Fsp3) is 0.154. The molecule has 0 saturated heterocycles. The van der Waals surface area contributed by atoms with Gasteiger partial charge in [0, 0.05) is 5.69 Å². The normalized spacial score (nSPS) is 10.8. The molecule has 0 aliphatic heterocycles. The van der Waals surface area contributed by atoms with E-state index in [0.29, 0.717) is 25.8 Å². The zero-order valence-electron chi connectivity index (χ0n) is 12.2. The van der Waals surface area contributed by atoms with Gasteiger partial charge in [-0.2, -0.15) is 9.61 Å². The van der Waals surface area contributed by atoms with Crippen molar-refractivity contribution in [1.82, 2.24) is 19.8 Å². The van der Waals surface area contributed by atoms with Gasteiger partial charge in [-0.05, 0) is 18.2 Å². The van der Waals surface area contributed by atoms with E-state index in [2.05, 4.69) is 20.6 Å². The topological polar surface area (TPSA) is 98.5 Å². The number of nitrogens with zero attached hydrogens (tertiary/aromatic N) is 4. The lowest BCUT2D eigenvalue weighted by atomic mass is 10.3. The number of ether oxygens (including phenoxy) is 1. The number of hydrogen-bond donors (Lipinski definition) is 1. The predicted molar refractivity (Wildman–Crippen MR) is 92.3 cm³/mol. The minimum Gasteiger partial charge on any atom is -0.495 e. The number of thioether (sulfide) groups is 1. The number of amides is 1. The first kappa shape index (κ1) is 16.7. The smallest absolute Gasteiger partial charge is 0.293 e. The largest absolute Gasteiger partial charge is 0.495 e. The number of halogens is 1. The average Bonchev–Trinajstić information content (AvgIpc) is 2.98. The molecule has 1 amide bonds. The molecule has 0 unspecified atom stereocenters. The second-order valence-corrected chi connectivity index (χ2v) is 7.02. The molecule has 2 aromatic heterocycles. The molecule has 124 valence electrons. The summed E-state index contributed by atoms with van der Waals surface area (Å²) in [7, 11) is 1.52. The van der Waals surface area contributed by atoms with Gasteiger partial charge in [-0.1, -0.05) is 34.7 Å². The zero-order chi connectivity index (χ0) is 17.1. The van der Waals surface area contributed by atoms with Crippen LogP contribution < -0.4 is 15.6 Å². The minimum atomic E-state index is -0.361. The van der Waals surface area contributed by atoms with Crippen LogP contribution in [-0.2, 0) is 4.79 Å². The number of nitrogens with one attached hydrogen (secondary N) is 1. The summed E-state index contributed by atoms with van der Waals surface area (Å²) in [5.41, 5.74) is 0.207. The van der Waals surface area contributed by atoms with Crippen LogP contribution in [0.4, 0.5) is 5.69 Å². The lowest BCUT2D eigenvalue weighted by Gasteiger charge is -2.07. The second kappa shape index (κ2) is 7.16. The Balaban J connectivity index is 1.63. The fourth-order valence-corrected chi connectivity index (χ4v) is 3.73. The Morgan fingerprint density at radius 3 is 3.04 bits per heavy atom. The zero-order valence-corrected chi connectivity index (χ0v) is 14.6. The summed E-state index contributed by atoms with van der Waals surface area (Å²) in [6, 6.07) is 4.97. The third kappa shape index (κ3) is 3.66. The molecular formula is C13H10ClN5O3S2. The SMILES string of the molecule is COc1ccc(NC(=O)CSc2nn3c(=O)cnnc3s2)cc1Cl. The maximum absolute atomic E-state index is 12.0. The second-order valence-electron chi connectivity index (χ2n) is 4.43. The van der Waals surface area contributed by atoms with Crippen LogP contribution >= 0.6 is 34.7 Å². The van der Waals surface area contributed by atoms with E-state index in [4.69, 9.17) is 16.3 Å². The highest BCUT2D eigenvalue weighted by Crippen LogP contribution is 2.27. The lowest BCUT2D eigenvalue weighted by Crippen LogP contribution is -2.15. The maximum atomic E-state index is 12.0. The van der Waals surface area contributed by atoms with Crippen molar-refractivity contribution in [3.63, 3.8) is 0 Å². The number of carbonyl (C=O) groups is 1. The molecular weight excluding hydrogens is 374 g/mol. The molecule has 1 aromatic carbocycles. The number of anilines is 1. The standard InChI is InChI=1S/C13H10ClN5O3S2/c1-22-9-3-2-7(4-8(9)14)16-10(20)6-23-13-18-19-11(21)5-15-17-12(19)24-13/h2-5H,6H2,1H3,(H,16,20). The number of methoxy groups -OCH3 is 1. The third-order valence-corrected chi connectivity index (χ3v) is 5.15. The van der Waals surface area contributed by atoms with Gasteiger partial charge in [0.15, 0.2) is 4.34 Å². The van der Waals surface area contributed by atoms with E-state index in [-0.39, 0.29) is 17.2 Å². The molecule has 0 aliphatic carbocycles. The van der Waals surface area contributed by atoms with E-state index in [1.165, 1.54) is 30.2 Å². The van der Waals surface area contributed by atoms with Gasteiger partial charge in [0.25, 0.3) is 5.56 Å². The molecule has 0 atom stereocenters. The Morgan fingerprint density at radius 1 is 1.50 bits per heavy atom. The maximum Gasteiger partial charge on any atom is 0.293 e. The Labute approximate surface area is 148 Å². The van der Waals surface area contributed by atoms with Crippen LogP contribution in [-0.4, -0.2) is 38.6 Å². The first-order valence-corrected chi connectivity index (χ1v) is 8.72. The number of benzene rings is 1. The van der Waals surface area contributed by atoms with E-state index in [1.807, 2.05) is 0 Å². The van der Waals surface area contributed by atoms with Gasteiger partial charge in [-0.15, -0.1) is 10.2 Å². The molecule has 1 N–H and O–H groups in total. The van der Waals surface area contributed by atoms with Crippen LogP contribution in [0.15, 0.2) is 33.5 Å². The molecule has 2 heterocycles. The van der Waals surface area contributed by atoms with Crippen LogP contribution in [0.1, 0.15) is 0 Å². The molecule has 0 aliphatic rings. The molecule has 24 heavy (non-hydrogen) atoms. The van der Waals surface area contributed by atoms with Crippen LogP contribution in [0.2, 0.25) is 5.02 Å².